The maximum atomic E-state index is 13.4. The van der Waals surface area contributed by atoms with Crippen LogP contribution in [-0.4, -0.2) is 14.8 Å². The molecule has 1 heterocycles. The Morgan fingerprint density at radius 1 is 0.857 bits per heavy atom. The molecule has 0 atom stereocenters. The lowest BCUT2D eigenvalue weighted by molar-refractivity contribution is 0.628. The summed E-state index contributed by atoms with van der Waals surface area (Å²) in [6, 6.07) is 23.1. The van der Waals surface area contributed by atoms with Crippen LogP contribution in [0.2, 0.25) is 0 Å². The highest BCUT2D eigenvalue weighted by atomic mass is 32.2. The molecule has 0 spiro atoms. The number of aromatic nitrogens is 3. The standard InChI is InChI=1S/C23H20FN3S/c1-16-6-12-21(13-7-16)27-22(19-8-10-20(24)11-9-19)25-26-23(27)28-15-18-5-3-4-17(2)14-18/h3-14H,15H2,1-2H3. The first-order valence-electron chi connectivity index (χ1n) is 9.07. The second-order valence-corrected chi connectivity index (χ2v) is 7.70. The van der Waals surface area contributed by atoms with Crippen molar-refractivity contribution < 1.29 is 4.39 Å². The molecule has 0 aliphatic rings. The smallest absolute Gasteiger partial charge is 0.196 e. The Hall–Kier alpha value is -2.92. The van der Waals surface area contributed by atoms with Crippen LogP contribution in [0.3, 0.4) is 0 Å². The molecular weight excluding hydrogens is 369 g/mol. The maximum absolute atomic E-state index is 13.4. The molecule has 0 fully saturated rings. The third kappa shape index (κ3) is 3.99. The highest BCUT2D eigenvalue weighted by Gasteiger charge is 2.16. The second-order valence-electron chi connectivity index (χ2n) is 6.76. The van der Waals surface area contributed by atoms with Crippen molar-refractivity contribution in [3.05, 3.63) is 95.3 Å². The molecule has 0 aliphatic carbocycles. The molecule has 1 aromatic heterocycles. The Labute approximate surface area is 168 Å². The van der Waals surface area contributed by atoms with Crippen molar-refractivity contribution in [2.24, 2.45) is 0 Å². The topological polar surface area (TPSA) is 30.7 Å². The molecule has 140 valence electrons. The number of halogens is 1. The molecule has 0 amide bonds. The van der Waals surface area contributed by atoms with Gasteiger partial charge in [-0.05, 0) is 55.8 Å². The van der Waals surface area contributed by atoms with Crippen LogP contribution in [0.15, 0.2) is 78.0 Å². The number of rotatable bonds is 5. The molecule has 4 rings (SSSR count). The summed E-state index contributed by atoms with van der Waals surface area (Å²) in [6.45, 7) is 4.15. The molecule has 28 heavy (non-hydrogen) atoms. The van der Waals surface area contributed by atoms with Crippen LogP contribution in [0.4, 0.5) is 4.39 Å². The predicted molar refractivity (Wildman–Crippen MR) is 112 cm³/mol. The fraction of sp³-hybridized carbons (Fsp3) is 0.130. The van der Waals surface area contributed by atoms with Gasteiger partial charge in [0.15, 0.2) is 11.0 Å². The zero-order chi connectivity index (χ0) is 19.5. The van der Waals surface area contributed by atoms with Crippen LogP contribution >= 0.6 is 11.8 Å². The fourth-order valence-corrected chi connectivity index (χ4v) is 3.92. The van der Waals surface area contributed by atoms with E-state index in [0.717, 1.165) is 22.2 Å². The normalized spacial score (nSPS) is 11.0. The van der Waals surface area contributed by atoms with E-state index in [-0.39, 0.29) is 5.82 Å². The molecule has 0 saturated carbocycles. The van der Waals surface area contributed by atoms with Crippen LogP contribution in [0.1, 0.15) is 16.7 Å². The summed E-state index contributed by atoms with van der Waals surface area (Å²) in [6.07, 6.45) is 0. The quantitative estimate of drug-likeness (QED) is 0.393. The molecule has 0 bridgehead atoms. The minimum atomic E-state index is -0.265. The van der Waals surface area contributed by atoms with Gasteiger partial charge in [0.05, 0.1) is 0 Å². The molecule has 0 radical (unpaired) electrons. The van der Waals surface area contributed by atoms with E-state index in [1.165, 1.54) is 28.8 Å². The Morgan fingerprint density at radius 3 is 2.32 bits per heavy atom. The van der Waals surface area contributed by atoms with Crippen molar-refractivity contribution >= 4 is 11.8 Å². The van der Waals surface area contributed by atoms with E-state index >= 15 is 0 Å². The highest BCUT2D eigenvalue weighted by molar-refractivity contribution is 7.98. The summed E-state index contributed by atoms with van der Waals surface area (Å²) in [5.74, 6) is 1.24. The largest absolute Gasteiger partial charge is 0.270 e. The van der Waals surface area contributed by atoms with Gasteiger partial charge in [-0.2, -0.15) is 0 Å². The van der Waals surface area contributed by atoms with Crippen molar-refractivity contribution in [2.75, 3.05) is 0 Å². The summed E-state index contributed by atoms with van der Waals surface area (Å²) >= 11 is 1.64. The van der Waals surface area contributed by atoms with Crippen molar-refractivity contribution in [1.82, 2.24) is 14.8 Å². The van der Waals surface area contributed by atoms with Gasteiger partial charge in [0.2, 0.25) is 0 Å². The lowest BCUT2D eigenvalue weighted by atomic mass is 10.2. The van der Waals surface area contributed by atoms with Crippen molar-refractivity contribution in [2.45, 2.75) is 24.8 Å². The van der Waals surface area contributed by atoms with Gasteiger partial charge in [-0.25, -0.2) is 4.39 Å². The van der Waals surface area contributed by atoms with Crippen molar-refractivity contribution in [3.63, 3.8) is 0 Å². The molecular formula is C23H20FN3S. The Kier molecular flexibility index (Phi) is 5.26. The summed E-state index contributed by atoms with van der Waals surface area (Å²) < 4.78 is 15.4. The molecule has 0 saturated heterocycles. The first-order chi connectivity index (χ1) is 13.6. The van der Waals surface area contributed by atoms with E-state index in [1.54, 1.807) is 23.9 Å². The van der Waals surface area contributed by atoms with Crippen molar-refractivity contribution in [3.8, 4) is 17.1 Å². The lowest BCUT2D eigenvalue weighted by Gasteiger charge is -2.11. The molecule has 0 aliphatic heterocycles. The molecule has 0 N–H and O–H groups in total. The van der Waals surface area contributed by atoms with Gasteiger partial charge >= 0.3 is 0 Å². The lowest BCUT2D eigenvalue weighted by Crippen LogP contribution is -2.00. The maximum Gasteiger partial charge on any atom is 0.196 e. The van der Waals surface area contributed by atoms with Crippen molar-refractivity contribution in [1.29, 1.82) is 0 Å². The van der Waals surface area contributed by atoms with Gasteiger partial charge in [-0.1, -0.05) is 59.3 Å². The van der Waals surface area contributed by atoms with E-state index in [2.05, 4.69) is 72.6 Å². The zero-order valence-corrected chi connectivity index (χ0v) is 16.6. The number of aryl methyl sites for hydroxylation is 2. The van der Waals surface area contributed by atoms with Gasteiger partial charge in [0.1, 0.15) is 5.82 Å². The third-order valence-electron chi connectivity index (χ3n) is 4.48. The SMILES string of the molecule is Cc1ccc(-n2c(SCc3cccc(C)c3)nnc2-c2ccc(F)cc2)cc1. The van der Waals surface area contributed by atoms with Gasteiger partial charge in [0.25, 0.3) is 0 Å². The van der Waals surface area contributed by atoms with Gasteiger partial charge in [-0.3, -0.25) is 4.57 Å². The fourth-order valence-electron chi connectivity index (χ4n) is 3.03. The van der Waals surface area contributed by atoms with E-state index in [0.29, 0.717) is 5.82 Å². The van der Waals surface area contributed by atoms with E-state index in [4.69, 9.17) is 0 Å². The average molecular weight is 389 g/mol. The molecule has 5 heteroatoms. The summed E-state index contributed by atoms with van der Waals surface area (Å²) in [7, 11) is 0. The molecule has 4 aromatic rings. The Bertz CT molecular complexity index is 1090. The number of benzene rings is 3. The van der Waals surface area contributed by atoms with E-state index in [1.807, 2.05) is 4.57 Å². The number of nitrogens with zero attached hydrogens (tertiary/aromatic N) is 3. The van der Waals surface area contributed by atoms with Crippen LogP contribution in [0.25, 0.3) is 17.1 Å². The van der Waals surface area contributed by atoms with Crippen LogP contribution in [0, 0.1) is 19.7 Å². The minimum absolute atomic E-state index is 0.265. The Morgan fingerprint density at radius 2 is 1.61 bits per heavy atom. The number of hydrogen-bond acceptors (Lipinski definition) is 3. The van der Waals surface area contributed by atoms with Gasteiger partial charge in [-0.15, -0.1) is 10.2 Å². The third-order valence-corrected chi connectivity index (χ3v) is 5.48. The monoisotopic (exact) mass is 389 g/mol. The summed E-state index contributed by atoms with van der Waals surface area (Å²) in [4.78, 5) is 0. The zero-order valence-electron chi connectivity index (χ0n) is 15.8. The van der Waals surface area contributed by atoms with Crippen LogP contribution in [-0.2, 0) is 5.75 Å². The summed E-state index contributed by atoms with van der Waals surface area (Å²) in [5.41, 5.74) is 5.49. The predicted octanol–water partition coefficient (Wildman–Crippen LogP) is 5.98. The van der Waals surface area contributed by atoms with Crippen LogP contribution < -0.4 is 0 Å². The van der Waals surface area contributed by atoms with Crippen LogP contribution in [0.5, 0.6) is 0 Å². The van der Waals surface area contributed by atoms with E-state index in [9.17, 15) is 4.39 Å². The minimum Gasteiger partial charge on any atom is -0.270 e. The first kappa shape index (κ1) is 18.4. The molecule has 3 nitrogen and oxygen atoms in total. The first-order valence-corrected chi connectivity index (χ1v) is 10.1. The number of thioether (sulfide) groups is 1. The summed E-state index contributed by atoms with van der Waals surface area (Å²) in [5, 5.41) is 9.66. The average Bonchev–Trinajstić information content (AvgIpc) is 3.11. The number of hydrogen-bond donors (Lipinski definition) is 0. The van der Waals surface area contributed by atoms with Gasteiger partial charge < -0.3 is 0 Å². The highest BCUT2D eigenvalue weighted by Crippen LogP contribution is 2.30. The molecule has 0 unspecified atom stereocenters. The van der Waals surface area contributed by atoms with Gasteiger partial charge in [0, 0.05) is 17.0 Å². The molecule has 3 aromatic carbocycles. The Balaban J connectivity index is 1.73. The second kappa shape index (κ2) is 7.98. The van der Waals surface area contributed by atoms with E-state index < -0.39 is 0 Å².